The summed E-state index contributed by atoms with van der Waals surface area (Å²) in [5.74, 6) is 1.58. The number of ether oxygens (including phenoxy) is 2. The average Bonchev–Trinajstić information content (AvgIpc) is 2.59. The van der Waals surface area contributed by atoms with E-state index in [2.05, 4.69) is 4.89 Å². The Morgan fingerprint density at radius 1 is 1.00 bits per heavy atom. The molecule has 2 aromatic rings. The van der Waals surface area contributed by atoms with E-state index in [1.807, 2.05) is 31.2 Å². The lowest BCUT2D eigenvalue weighted by atomic mass is 10.0. The van der Waals surface area contributed by atoms with Crippen molar-refractivity contribution >= 4 is 5.78 Å². The number of ketones is 1. The third-order valence-electron chi connectivity index (χ3n) is 3.57. The Balaban J connectivity index is 1.90. The van der Waals surface area contributed by atoms with Gasteiger partial charge >= 0.3 is 0 Å². The molecule has 24 heavy (non-hydrogen) atoms. The number of carbonyl (C=O) groups is 1. The normalized spacial score (nSPS) is 10.3. The highest BCUT2D eigenvalue weighted by atomic mass is 17.2. The fourth-order valence-corrected chi connectivity index (χ4v) is 2.40. The first-order chi connectivity index (χ1) is 11.7. The zero-order valence-electron chi connectivity index (χ0n) is 14.2. The SMILES string of the molecule is COOc1cccc(OCCCC(=O)c2ccccc2C)c1OC. The van der Waals surface area contributed by atoms with Gasteiger partial charge in [0.1, 0.15) is 0 Å². The first-order valence-electron chi connectivity index (χ1n) is 7.76. The van der Waals surface area contributed by atoms with Gasteiger partial charge in [0.25, 0.3) is 0 Å². The highest BCUT2D eigenvalue weighted by Gasteiger charge is 2.13. The predicted molar refractivity (Wildman–Crippen MR) is 90.9 cm³/mol. The van der Waals surface area contributed by atoms with E-state index in [0.29, 0.717) is 36.7 Å². The molecule has 2 rings (SSSR count). The molecule has 0 aliphatic carbocycles. The molecule has 0 aromatic heterocycles. The molecule has 128 valence electrons. The second kappa shape index (κ2) is 8.93. The zero-order chi connectivity index (χ0) is 17.4. The molecule has 0 N–H and O–H groups in total. The van der Waals surface area contributed by atoms with E-state index in [9.17, 15) is 4.79 Å². The van der Waals surface area contributed by atoms with Crippen molar-refractivity contribution in [2.24, 2.45) is 0 Å². The number of para-hydroxylation sites is 1. The highest BCUT2D eigenvalue weighted by Crippen LogP contribution is 2.37. The van der Waals surface area contributed by atoms with Crippen LogP contribution in [0, 0.1) is 6.92 Å². The first-order valence-corrected chi connectivity index (χ1v) is 7.76. The Kier molecular flexibility index (Phi) is 6.63. The molecule has 5 heteroatoms. The van der Waals surface area contributed by atoms with E-state index in [4.69, 9.17) is 14.4 Å². The van der Waals surface area contributed by atoms with Crippen LogP contribution in [0.3, 0.4) is 0 Å². The minimum Gasteiger partial charge on any atom is -0.490 e. The van der Waals surface area contributed by atoms with Crippen molar-refractivity contribution in [3.63, 3.8) is 0 Å². The molecule has 0 spiro atoms. The maximum atomic E-state index is 12.2. The van der Waals surface area contributed by atoms with Crippen LogP contribution in [0.25, 0.3) is 0 Å². The fourth-order valence-electron chi connectivity index (χ4n) is 2.40. The van der Waals surface area contributed by atoms with Gasteiger partial charge in [0.05, 0.1) is 20.8 Å². The van der Waals surface area contributed by atoms with Gasteiger partial charge in [-0.1, -0.05) is 30.3 Å². The average molecular weight is 330 g/mol. The van der Waals surface area contributed by atoms with E-state index >= 15 is 0 Å². The van der Waals surface area contributed by atoms with Gasteiger partial charge in [0, 0.05) is 12.0 Å². The largest absolute Gasteiger partial charge is 0.490 e. The summed E-state index contributed by atoms with van der Waals surface area (Å²) in [6, 6.07) is 12.9. The van der Waals surface area contributed by atoms with Gasteiger partial charge in [-0.15, -0.1) is 0 Å². The standard InChI is InChI=1S/C19H22O5/c1-14-8-4-5-9-15(14)16(20)10-7-13-23-17-11-6-12-18(24-22-3)19(17)21-2/h4-6,8-9,11-12H,7,10,13H2,1-3H3. The molecule has 5 nitrogen and oxygen atoms in total. The van der Waals surface area contributed by atoms with Crippen molar-refractivity contribution in [1.82, 2.24) is 0 Å². The summed E-state index contributed by atoms with van der Waals surface area (Å²) >= 11 is 0. The fraction of sp³-hybridized carbons (Fsp3) is 0.316. The molecule has 0 radical (unpaired) electrons. The Morgan fingerprint density at radius 2 is 1.75 bits per heavy atom. The molecule has 0 heterocycles. The summed E-state index contributed by atoms with van der Waals surface area (Å²) in [7, 11) is 2.95. The van der Waals surface area contributed by atoms with Gasteiger partial charge in [0.2, 0.25) is 11.5 Å². The molecule has 0 fully saturated rings. The monoisotopic (exact) mass is 330 g/mol. The maximum Gasteiger partial charge on any atom is 0.211 e. The van der Waals surface area contributed by atoms with Crippen molar-refractivity contribution in [2.45, 2.75) is 19.8 Å². The van der Waals surface area contributed by atoms with Crippen LogP contribution in [0.1, 0.15) is 28.8 Å². The van der Waals surface area contributed by atoms with Crippen LogP contribution < -0.4 is 14.4 Å². The Labute approximate surface area is 142 Å². The van der Waals surface area contributed by atoms with Gasteiger partial charge in [-0.25, -0.2) is 0 Å². The van der Waals surface area contributed by atoms with E-state index < -0.39 is 0 Å². The topological polar surface area (TPSA) is 54.0 Å². The van der Waals surface area contributed by atoms with Gasteiger partial charge in [-0.05, 0) is 31.0 Å². The third-order valence-corrected chi connectivity index (χ3v) is 3.57. The Hall–Kier alpha value is -2.53. The molecule has 0 amide bonds. The molecule has 0 unspecified atom stereocenters. The number of hydrogen-bond donors (Lipinski definition) is 0. The van der Waals surface area contributed by atoms with Crippen LogP contribution in [-0.2, 0) is 4.89 Å². The van der Waals surface area contributed by atoms with E-state index in [1.54, 1.807) is 18.2 Å². The number of carbonyl (C=O) groups excluding carboxylic acids is 1. The molecule has 0 saturated heterocycles. The van der Waals surface area contributed by atoms with Crippen molar-refractivity contribution < 1.29 is 24.0 Å². The maximum absolute atomic E-state index is 12.2. The molecule has 0 bridgehead atoms. The van der Waals surface area contributed by atoms with Crippen molar-refractivity contribution in [3.05, 3.63) is 53.6 Å². The molecule has 0 atom stereocenters. The molecule has 0 aliphatic rings. The van der Waals surface area contributed by atoms with Gasteiger partial charge < -0.3 is 14.4 Å². The van der Waals surface area contributed by atoms with Gasteiger partial charge in [0.15, 0.2) is 11.5 Å². The van der Waals surface area contributed by atoms with Crippen LogP contribution in [0.2, 0.25) is 0 Å². The minimum atomic E-state index is 0.125. The summed E-state index contributed by atoms with van der Waals surface area (Å²) in [6.07, 6.45) is 1.05. The van der Waals surface area contributed by atoms with E-state index in [-0.39, 0.29) is 5.78 Å². The van der Waals surface area contributed by atoms with Crippen LogP contribution in [0.4, 0.5) is 0 Å². The third kappa shape index (κ3) is 4.49. The van der Waals surface area contributed by atoms with Crippen molar-refractivity contribution in [3.8, 4) is 17.2 Å². The van der Waals surface area contributed by atoms with Crippen LogP contribution in [-0.4, -0.2) is 26.6 Å². The van der Waals surface area contributed by atoms with Crippen LogP contribution in [0.5, 0.6) is 17.2 Å². The first kappa shape index (κ1) is 17.8. The molecular weight excluding hydrogens is 308 g/mol. The Bertz CT molecular complexity index is 681. The van der Waals surface area contributed by atoms with Crippen LogP contribution in [0.15, 0.2) is 42.5 Å². The molecule has 0 saturated carbocycles. The second-order valence-electron chi connectivity index (χ2n) is 5.23. The van der Waals surface area contributed by atoms with Gasteiger partial charge in [-0.3, -0.25) is 4.79 Å². The molecule has 2 aromatic carbocycles. The lowest BCUT2D eigenvalue weighted by Crippen LogP contribution is -2.06. The van der Waals surface area contributed by atoms with E-state index in [1.165, 1.54) is 14.2 Å². The lowest BCUT2D eigenvalue weighted by Gasteiger charge is -2.13. The zero-order valence-corrected chi connectivity index (χ0v) is 14.2. The number of aryl methyl sites for hydroxylation is 1. The quantitative estimate of drug-likeness (QED) is 0.301. The minimum absolute atomic E-state index is 0.125. The van der Waals surface area contributed by atoms with E-state index in [0.717, 1.165) is 11.1 Å². The molecular formula is C19H22O5. The Morgan fingerprint density at radius 3 is 2.46 bits per heavy atom. The predicted octanol–water partition coefficient (Wildman–Crippen LogP) is 3.99. The van der Waals surface area contributed by atoms with Crippen molar-refractivity contribution in [2.75, 3.05) is 20.8 Å². The second-order valence-corrected chi connectivity index (χ2v) is 5.23. The molecule has 0 aliphatic heterocycles. The highest BCUT2D eigenvalue weighted by molar-refractivity contribution is 5.97. The number of Topliss-reactive ketones (excluding diaryl/α,β-unsaturated/α-hetero) is 1. The number of benzene rings is 2. The summed E-state index contributed by atoms with van der Waals surface area (Å²) < 4.78 is 11.0. The lowest BCUT2D eigenvalue weighted by molar-refractivity contribution is -0.179. The number of rotatable bonds is 9. The summed E-state index contributed by atoms with van der Waals surface area (Å²) in [5.41, 5.74) is 1.76. The van der Waals surface area contributed by atoms with Crippen molar-refractivity contribution in [1.29, 1.82) is 0 Å². The summed E-state index contributed by atoms with van der Waals surface area (Å²) in [6.45, 7) is 2.35. The van der Waals surface area contributed by atoms with Gasteiger partial charge in [-0.2, -0.15) is 4.89 Å². The smallest absolute Gasteiger partial charge is 0.211 e. The van der Waals surface area contributed by atoms with Crippen LogP contribution >= 0.6 is 0 Å². The number of hydrogen-bond acceptors (Lipinski definition) is 5. The summed E-state index contributed by atoms with van der Waals surface area (Å²) in [5, 5.41) is 0. The summed E-state index contributed by atoms with van der Waals surface area (Å²) in [4.78, 5) is 21.9. The number of methoxy groups -OCH3 is 1.